The molecule has 1 aliphatic rings. The monoisotopic (exact) mass is 212 g/mol. The van der Waals surface area contributed by atoms with Crippen molar-refractivity contribution in [1.29, 1.82) is 0 Å². The molecule has 1 aliphatic heterocycles. The Morgan fingerprint density at radius 2 is 1.80 bits per heavy atom. The second-order valence-corrected chi connectivity index (χ2v) is 5.47. The molecular weight excluding hydrogens is 188 g/mol. The maximum Gasteiger partial charge on any atom is 0.135 e. The zero-order chi connectivity index (χ0) is 11.5. The summed E-state index contributed by atoms with van der Waals surface area (Å²) in [6.07, 6.45) is 1.50. The van der Waals surface area contributed by atoms with E-state index in [0.717, 1.165) is 39.0 Å². The second kappa shape index (κ2) is 5.08. The van der Waals surface area contributed by atoms with E-state index in [9.17, 15) is 4.79 Å². The van der Waals surface area contributed by atoms with E-state index in [1.807, 2.05) is 0 Å². The topological polar surface area (TPSA) is 23.6 Å². The van der Waals surface area contributed by atoms with E-state index >= 15 is 0 Å². The van der Waals surface area contributed by atoms with Gasteiger partial charge in [-0.05, 0) is 27.8 Å². The molecule has 0 radical (unpaired) electrons. The number of Topliss-reactive ketones (excluding diaryl/α,β-unsaturated/α-hetero) is 1. The maximum atomic E-state index is 11.1. The van der Waals surface area contributed by atoms with Crippen LogP contribution in [0, 0.1) is 0 Å². The molecule has 0 aliphatic carbocycles. The summed E-state index contributed by atoms with van der Waals surface area (Å²) in [7, 11) is 2.16. The number of likely N-dealkylation sites (N-methyl/N-ethyl adjacent to an activating group) is 1. The van der Waals surface area contributed by atoms with Crippen molar-refractivity contribution in [3.05, 3.63) is 0 Å². The summed E-state index contributed by atoms with van der Waals surface area (Å²) >= 11 is 0. The first kappa shape index (κ1) is 12.7. The molecule has 0 spiro atoms. The number of rotatable bonds is 3. The van der Waals surface area contributed by atoms with Gasteiger partial charge in [-0.2, -0.15) is 0 Å². The lowest BCUT2D eigenvalue weighted by Crippen LogP contribution is -2.44. The van der Waals surface area contributed by atoms with Crippen molar-refractivity contribution in [2.75, 3.05) is 33.2 Å². The van der Waals surface area contributed by atoms with Gasteiger partial charge in [0.2, 0.25) is 0 Å². The quantitative estimate of drug-likeness (QED) is 0.706. The second-order valence-electron chi connectivity index (χ2n) is 5.47. The summed E-state index contributed by atoms with van der Waals surface area (Å²) in [5.74, 6) is 0.426. The molecule has 0 aromatic heterocycles. The van der Waals surface area contributed by atoms with E-state index in [0.29, 0.717) is 5.78 Å². The van der Waals surface area contributed by atoms with Gasteiger partial charge in [-0.25, -0.2) is 0 Å². The third kappa shape index (κ3) is 4.31. The van der Waals surface area contributed by atoms with Crippen molar-refractivity contribution in [3.63, 3.8) is 0 Å². The molecule has 3 nitrogen and oxygen atoms in total. The van der Waals surface area contributed by atoms with Crippen LogP contribution in [0.25, 0.3) is 0 Å². The fourth-order valence-corrected chi connectivity index (χ4v) is 1.65. The van der Waals surface area contributed by atoms with Crippen LogP contribution in [-0.2, 0) is 4.79 Å². The van der Waals surface area contributed by atoms with Gasteiger partial charge < -0.3 is 9.80 Å². The molecule has 3 heteroatoms. The lowest BCUT2D eigenvalue weighted by Gasteiger charge is -2.34. The minimum atomic E-state index is 0.242. The van der Waals surface area contributed by atoms with Crippen LogP contribution in [0.4, 0.5) is 0 Å². The van der Waals surface area contributed by atoms with Crippen LogP contribution < -0.4 is 0 Å². The molecule has 0 amide bonds. The minimum Gasteiger partial charge on any atom is -0.301 e. The van der Waals surface area contributed by atoms with Crippen molar-refractivity contribution < 1.29 is 4.79 Å². The van der Waals surface area contributed by atoms with Gasteiger partial charge in [-0.15, -0.1) is 0 Å². The number of piperidine rings is 1. The molecule has 0 unspecified atom stereocenters. The summed E-state index contributed by atoms with van der Waals surface area (Å²) in [6.45, 7) is 10.8. The molecule has 0 aromatic carbocycles. The van der Waals surface area contributed by atoms with Gasteiger partial charge in [-0.3, -0.25) is 4.79 Å². The molecule has 1 fully saturated rings. The molecule has 0 bridgehead atoms. The van der Waals surface area contributed by atoms with E-state index in [1.165, 1.54) is 0 Å². The average Bonchev–Trinajstić information content (AvgIpc) is 2.15. The highest BCUT2D eigenvalue weighted by molar-refractivity contribution is 5.79. The van der Waals surface area contributed by atoms with Crippen molar-refractivity contribution in [1.82, 2.24) is 9.80 Å². The Morgan fingerprint density at radius 3 is 2.27 bits per heavy atom. The summed E-state index contributed by atoms with van der Waals surface area (Å²) in [4.78, 5) is 15.8. The first-order chi connectivity index (χ1) is 6.89. The fraction of sp³-hybridized carbons (Fsp3) is 0.917. The number of nitrogens with zero attached hydrogens (tertiary/aromatic N) is 2. The first-order valence-corrected chi connectivity index (χ1v) is 5.85. The Kier molecular flexibility index (Phi) is 4.29. The number of hydrogen-bond acceptors (Lipinski definition) is 3. The SMILES string of the molecule is CN(CCN1CCC(=O)CC1)C(C)(C)C. The van der Waals surface area contributed by atoms with E-state index in [4.69, 9.17) is 0 Å². The zero-order valence-corrected chi connectivity index (χ0v) is 10.5. The van der Waals surface area contributed by atoms with Crippen LogP contribution >= 0.6 is 0 Å². The Labute approximate surface area is 93.4 Å². The van der Waals surface area contributed by atoms with Crippen LogP contribution in [0.15, 0.2) is 0 Å². The zero-order valence-electron chi connectivity index (χ0n) is 10.5. The van der Waals surface area contributed by atoms with Crippen molar-refractivity contribution in [3.8, 4) is 0 Å². The van der Waals surface area contributed by atoms with Gasteiger partial charge >= 0.3 is 0 Å². The molecule has 0 N–H and O–H groups in total. The standard InChI is InChI=1S/C12H24N2O/c1-12(2,3)13(4)9-10-14-7-5-11(15)6-8-14/h5-10H2,1-4H3. The molecule has 0 aromatic rings. The van der Waals surface area contributed by atoms with Gasteiger partial charge in [0.25, 0.3) is 0 Å². The average molecular weight is 212 g/mol. The van der Waals surface area contributed by atoms with E-state index in [-0.39, 0.29) is 5.54 Å². The molecule has 15 heavy (non-hydrogen) atoms. The Bertz CT molecular complexity index is 210. The van der Waals surface area contributed by atoms with Crippen molar-refractivity contribution in [2.24, 2.45) is 0 Å². The molecule has 88 valence electrons. The number of carbonyl (C=O) groups is 1. The Hall–Kier alpha value is -0.410. The van der Waals surface area contributed by atoms with Gasteiger partial charge in [0, 0.05) is 44.6 Å². The molecule has 1 rings (SSSR count). The summed E-state index contributed by atoms with van der Waals surface area (Å²) in [6, 6.07) is 0. The van der Waals surface area contributed by atoms with Crippen molar-refractivity contribution in [2.45, 2.75) is 39.2 Å². The van der Waals surface area contributed by atoms with Crippen LogP contribution in [0.2, 0.25) is 0 Å². The van der Waals surface area contributed by atoms with E-state index < -0.39 is 0 Å². The van der Waals surface area contributed by atoms with Crippen LogP contribution in [0.5, 0.6) is 0 Å². The Morgan fingerprint density at radius 1 is 1.27 bits per heavy atom. The molecule has 0 atom stereocenters. The third-order valence-corrected chi connectivity index (χ3v) is 3.31. The lowest BCUT2D eigenvalue weighted by molar-refractivity contribution is -0.121. The highest BCUT2D eigenvalue weighted by Gasteiger charge is 2.19. The normalized spacial score (nSPS) is 19.9. The summed E-state index contributed by atoms with van der Waals surface area (Å²) in [5, 5.41) is 0. The molecule has 1 heterocycles. The minimum absolute atomic E-state index is 0.242. The largest absolute Gasteiger partial charge is 0.301 e. The van der Waals surface area contributed by atoms with Crippen molar-refractivity contribution >= 4 is 5.78 Å². The summed E-state index contributed by atoms with van der Waals surface area (Å²) in [5.41, 5.74) is 0.242. The molecule has 1 saturated heterocycles. The van der Waals surface area contributed by atoms with Gasteiger partial charge in [-0.1, -0.05) is 0 Å². The van der Waals surface area contributed by atoms with E-state index in [2.05, 4.69) is 37.6 Å². The first-order valence-electron chi connectivity index (χ1n) is 5.85. The molecule has 0 saturated carbocycles. The highest BCUT2D eigenvalue weighted by Crippen LogP contribution is 2.11. The van der Waals surface area contributed by atoms with E-state index in [1.54, 1.807) is 0 Å². The van der Waals surface area contributed by atoms with Gasteiger partial charge in [0.1, 0.15) is 5.78 Å². The number of hydrogen-bond donors (Lipinski definition) is 0. The van der Waals surface area contributed by atoms with Gasteiger partial charge in [0.05, 0.1) is 0 Å². The maximum absolute atomic E-state index is 11.1. The predicted molar refractivity (Wildman–Crippen MR) is 63.1 cm³/mol. The third-order valence-electron chi connectivity index (χ3n) is 3.31. The number of ketones is 1. The number of likely N-dealkylation sites (tertiary alicyclic amines) is 1. The van der Waals surface area contributed by atoms with Crippen LogP contribution in [0.3, 0.4) is 0 Å². The predicted octanol–water partition coefficient (Wildman–Crippen LogP) is 1.38. The fourth-order valence-electron chi connectivity index (χ4n) is 1.65. The molecular formula is C12H24N2O. The van der Waals surface area contributed by atoms with Gasteiger partial charge in [0.15, 0.2) is 0 Å². The Balaban J connectivity index is 2.23. The number of carbonyl (C=O) groups excluding carboxylic acids is 1. The highest BCUT2D eigenvalue weighted by atomic mass is 16.1. The van der Waals surface area contributed by atoms with Crippen LogP contribution in [-0.4, -0.2) is 54.3 Å². The van der Waals surface area contributed by atoms with Crippen LogP contribution in [0.1, 0.15) is 33.6 Å². The summed E-state index contributed by atoms with van der Waals surface area (Å²) < 4.78 is 0. The lowest BCUT2D eigenvalue weighted by atomic mass is 10.1. The smallest absolute Gasteiger partial charge is 0.135 e.